The summed E-state index contributed by atoms with van der Waals surface area (Å²) in [6, 6.07) is 2.27. The van der Waals surface area contributed by atoms with Gasteiger partial charge in [0.15, 0.2) is 0 Å². The van der Waals surface area contributed by atoms with Gasteiger partial charge in [-0.2, -0.15) is 10.2 Å². The fourth-order valence-electron chi connectivity index (χ4n) is 2.86. The van der Waals surface area contributed by atoms with Crippen LogP contribution in [0.1, 0.15) is 29.5 Å². The molecule has 1 N–H and O–H groups in total. The topological polar surface area (TPSA) is 56.9 Å². The highest BCUT2D eigenvalue weighted by Gasteiger charge is 2.31. The van der Waals surface area contributed by atoms with E-state index in [0.29, 0.717) is 11.7 Å². The van der Waals surface area contributed by atoms with Crippen LogP contribution in [0.15, 0.2) is 12.3 Å². The molecule has 2 aromatic rings. The van der Waals surface area contributed by atoms with E-state index in [2.05, 4.69) is 15.5 Å². The number of nitrogens with one attached hydrogen (secondary N) is 1. The summed E-state index contributed by atoms with van der Waals surface area (Å²) in [6.45, 7) is 3.43. The number of nitrogens with zero attached hydrogens (tertiary/aromatic N) is 4. The highest BCUT2D eigenvalue weighted by atomic mass is 35.5. The molecule has 2 atom stereocenters. The third-order valence-corrected chi connectivity index (χ3v) is 4.53. The van der Waals surface area contributed by atoms with Gasteiger partial charge in [-0.15, -0.1) is 0 Å². The molecule has 0 aliphatic carbocycles. The van der Waals surface area contributed by atoms with Crippen molar-refractivity contribution in [3.8, 4) is 0 Å². The van der Waals surface area contributed by atoms with Gasteiger partial charge in [0.2, 0.25) is 0 Å². The third kappa shape index (κ3) is 2.71. The number of hydrogen-bond donors (Lipinski definition) is 1. The Morgan fingerprint density at radius 1 is 1.43 bits per heavy atom. The molecule has 1 aliphatic rings. The largest absolute Gasteiger partial charge is 0.370 e. The second kappa shape index (κ2) is 5.79. The standard InChI is InChI=1S/C14H20ClN5O/c1-9-10(14(15)20(3)18-9)8-16-11-5-7-21-13(11)12-4-6-17-19(12)2/h4,6,11,13,16H,5,7-8H2,1-3H3/t11-,13-/m0/s1. The van der Waals surface area contributed by atoms with Gasteiger partial charge in [0.1, 0.15) is 11.3 Å². The minimum Gasteiger partial charge on any atom is -0.370 e. The fourth-order valence-corrected chi connectivity index (χ4v) is 3.10. The van der Waals surface area contributed by atoms with Crippen LogP contribution in [-0.4, -0.2) is 32.2 Å². The van der Waals surface area contributed by atoms with Crippen molar-refractivity contribution < 1.29 is 4.74 Å². The lowest BCUT2D eigenvalue weighted by molar-refractivity contribution is 0.0919. The van der Waals surface area contributed by atoms with Gasteiger partial charge < -0.3 is 10.1 Å². The Labute approximate surface area is 129 Å². The summed E-state index contributed by atoms with van der Waals surface area (Å²) in [5.41, 5.74) is 3.11. The van der Waals surface area contributed by atoms with E-state index in [1.54, 1.807) is 10.9 Å². The molecular formula is C14H20ClN5O. The number of halogens is 1. The molecule has 21 heavy (non-hydrogen) atoms. The van der Waals surface area contributed by atoms with Crippen molar-refractivity contribution in [1.29, 1.82) is 0 Å². The SMILES string of the molecule is Cc1nn(C)c(Cl)c1CN[C@H]1CCO[C@@H]1c1ccnn1C. The van der Waals surface area contributed by atoms with Crippen LogP contribution in [0.3, 0.4) is 0 Å². The van der Waals surface area contributed by atoms with Gasteiger partial charge in [-0.05, 0) is 19.4 Å². The highest BCUT2D eigenvalue weighted by Crippen LogP contribution is 2.29. The molecule has 6 nitrogen and oxygen atoms in total. The summed E-state index contributed by atoms with van der Waals surface area (Å²) < 4.78 is 9.44. The first kappa shape index (κ1) is 14.6. The predicted molar refractivity (Wildman–Crippen MR) is 80.1 cm³/mol. The molecule has 1 fully saturated rings. The van der Waals surface area contributed by atoms with Crippen molar-refractivity contribution in [2.24, 2.45) is 14.1 Å². The van der Waals surface area contributed by atoms with Crippen LogP contribution in [0.4, 0.5) is 0 Å². The van der Waals surface area contributed by atoms with E-state index in [1.165, 1.54) is 0 Å². The van der Waals surface area contributed by atoms with Crippen molar-refractivity contribution >= 4 is 11.6 Å². The third-order valence-electron chi connectivity index (χ3n) is 4.05. The molecule has 0 amide bonds. The van der Waals surface area contributed by atoms with E-state index in [9.17, 15) is 0 Å². The van der Waals surface area contributed by atoms with Gasteiger partial charge in [0, 0.05) is 45.0 Å². The molecule has 0 radical (unpaired) electrons. The molecule has 0 spiro atoms. The maximum atomic E-state index is 6.28. The average Bonchev–Trinajstić information content (AvgIpc) is 3.11. The zero-order valence-electron chi connectivity index (χ0n) is 12.5. The summed E-state index contributed by atoms with van der Waals surface area (Å²) in [5, 5.41) is 12.8. The van der Waals surface area contributed by atoms with Crippen molar-refractivity contribution in [3.63, 3.8) is 0 Å². The Morgan fingerprint density at radius 3 is 2.86 bits per heavy atom. The highest BCUT2D eigenvalue weighted by molar-refractivity contribution is 6.30. The van der Waals surface area contributed by atoms with Crippen molar-refractivity contribution in [1.82, 2.24) is 24.9 Å². The molecule has 1 aliphatic heterocycles. The molecule has 0 aromatic carbocycles. The molecule has 0 bridgehead atoms. The maximum Gasteiger partial charge on any atom is 0.131 e. The lowest BCUT2D eigenvalue weighted by Crippen LogP contribution is -2.32. The Morgan fingerprint density at radius 2 is 2.24 bits per heavy atom. The zero-order chi connectivity index (χ0) is 15.0. The number of aromatic nitrogens is 4. The zero-order valence-corrected chi connectivity index (χ0v) is 13.3. The first-order valence-electron chi connectivity index (χ1n) is 7.08. The van der Waals surface area contributed by atoms with E-state index in [1.807, 2.05) is 31.8 Å². The van der Waals surface area contributed by atoms with Crippen molar-refractivity contribution in [2.45, 2.75) is 32.0 Å². The smallest absolute Gasteiger partial charge is 0.131 e. The molecule has 114 valence electrons. The number of rotatable bonds is 4. The summed E-state index contributed by atoms with van der Waals surface area (Å²) in [6.07, 6.45) is 2.82. The molecular weight excluding hydrogens is 290 g/mol. The van der Waals surface area contributed by atoms with E-state index < -0.39 is 0 Å². The van der Waals surface area contributed by atoms with Crippen LogP contribution in [-0.2, 0) is 25.4 Å². The summed E-state index contributed by atoms with van der Waals surface area (Å²) in [7, 11) is 3.80. The Bertz CT molecular complexity index is 635. The van der Waals surface area contributed by atoms with Crippen LogP contribution in [0.25, 0.3) is 0 Å². The van der Waals surface area contributed by atoms with Gasteiger partial charge in [0.25, 0.3) is 0 Å². The van der Waals surface area contributed by atoms with Crippen molar-refractivity contribution in [3.05, 3.63) is 34.4 Å². The molecule has 1 saturated heterocycles. The van der Waals surface area contributed by atoms with Gasteiger partial charge >= 0.3 is 0 Å². The van der Waals surface area contributed by atoms with Crippen molar-refractivity contribution in [2.75, 3.05) is 6.61 Å². The van der Waals surface area contributed by atoms with E-state index >= 15 is 0 Å². The number of hydrogen-bond acceptors (Lipinski definition) is 4. The predicted octanol–water partition coefficient (Wildman–Crippen LogP) is 1.74. The first-order chi connectivity index (χ1) is 10.1. The molecule has 3 heterocycles. The van der Waals surface area contributed by atoms with Gasteiger partial charge in [-0.3, -0.25) is 9.36 Å². The monoisotopic (exact) mass is 309 g/mol. The quantitative estimate of drug-likeness (QED) is 0.934. The Balaban J connectivity index is 1.71. The Hall–Kier alpha value is -1.37. The average molecular weight is 310 g/mol. The minimum atomic E-state index is 0.0354. The first-order valence-corrected chi connectivity index (χ1v) is 7.46. The molecule has 0 unspecified atom stereocenters. The number of aryl methyl sites for hydroxylation is 3. The van der Waals surface area contributed by atoms with E-state index in [0.717, 1.165) is 30.0 Å². The Kier molecular flexibility index (Phi) is 4.01. The molecule has 7 heteroatoms. The van der Waals surface area contributed by atoms with Crippen LogP contribution in [0.5, 0.6) is 0 Å². The van der Waals surface area contributed by atoms with E-state index in [4.69, 9.17) is 16.3 Å². The normalized spacial score (nSPS) is 22.1. The second-order valence-electron chi connectivity index (χ2n) is 5.43. The minimum absolute atomic E-state index is 0.0354. The molecule has 2 aromatic heterocycles. The van der Waals surface area contributed by atoms with Crippen LogP contribution in [0, 0.1) is 6.92 Å². The lowest BCUT2D eigenvalue weighted by atomic mass is 10.1. The molecule has 3 rings (SSSR count). The second-order valence-corrected chi connectivity index (χ2v) is 5.78. The van der Waals surface area contributed by atoms with E-state index in [-0.39, 0.29) is 12.1 Å². The van der Waals surface area contributed by atoms with Crippen LogP contribution in [0.2, 0.25) is 5.15 Å². The maximum absolute atomic E-state index is 6.28. The fraction of sp³-hybridized carbons (Fsp3) is 0.571. The lowest BCUT2D eigenvalue weighted by Gasteiger charge is -2.20. The van der Waals surface area contributed by atoms with Crippen LogP contribution < -0.4 is 5.32 Å². The summed E-state index contributed by atoms with van der Waals surface area (Å²) in [5.74, 6) is 0. The summed E-state index contributed by atoms with van der Waals surface area (Å²) in [4.78, 5) is 0. The number of ether oxygens (including phenoxy) is 1. The van der Waals surface area contributed by atoms with Gasteiger partial charge in [-0.25, -0.2) is 0 Å². The summed E-state index contributed by atoms with van der Waals surface area (Å²) >= 11 is 6.28. The molecule has 0 saturated carbocycles. The van der Waals surface area contributed by atoms with Crippen LogP contribution >= 0.6 is 11.6 Å². The van der Waals surface area contributed by atoms with Gasteiger partial charge in [-0.1, -0.05) is 11.6 Å². The van der Waals surface area contributed by atoms with Gasteiger partial charge in [0.05, 0.1) is 11.4 Å².